The van der Waals surface area contributed by atoms with Crippen molar-refractivity contribution >= 4 is 34.9 Å². The highest BCUT2D eigenvalue weighted by atomic mass is 35.5. The smallest absolute Gasteiger partial charge is 0.328 e. The molecule has 0 aliphatic heterocycles. The van der Waals surface area contributed by atoms with Crippen molar-refractivity contribution in [3.8, 4) is 5.75 Å². The summed E-state index contributed by atoms with van der Waals surface area (Å²) >= 11 is 5.90. The van der Waals surface area contributed by atoms with Gasteiger partial charge in [-0.1, -0.05) is 78.3 Å². The minimum Gasteiger partial charge on any atom is -0.494 e. The number of hydrogen-bond acceptors (Lipinski definition) is 6. The van der Waals surface area contributed by atoms with Crippen molar-refractivity contribution < 1.29 is 23.9 Å². The Morgan fingerprint density at radius 1 is 0.814 bits per heavy atom. The molecule has 0 aliphatic rings. The minimum absolute atomic E-state index is 0.000118. The van der Waals surface area contributed by atoms with E-state index in [-0.39, 0.29) is 11.7 Å². The van der Waals surface area contributed by atoms with E-state index in [1.807, 2.05) is 72.8 Å². The van der Waals surface area contributed by atoms with Crippen LogP contribution >= 0.6 is 11.6 Å². The van der Waals surface area contributed by atoms with E-state index in [1.54, 1.807) is 30.3 Å². The molecule has 4 aromatic carbocycles. The van der Waals surface area contributed by atoms with Crippen LogP contribution in [0.1, 0.15) is 39.9 Å². The van der Waals surface area contributed by atoms with Crippen molar-refractivity contribution in [2.75, 3.05) is 25.6 Å². The van der Waals surface area contributed by atoms with Gasteiger partial charge in [-0.2, -0.15) is 0 Å². The van der Waals surface area contributed by atoms with Crippen LogP contribution in [0, 0.1) is 0 Å². The Morgan fingerprint density at radius 2 is 1.49 bits per heavy atom. The Kier molecular flexibility index (Phi) is 11.7. The Balaban J connectivity index is 1.25. The lowest BCUT2D eigenvalue weighted by molar-refractivity contribution is -0.141. The summed E-state index contributed by atoms with van der Waals surface area (Å²) in [5, 5.41) is 6.82. The van der Waals surface area contributed by atoms with Crippen LogP contribution in [0.2, 0.25) is 5.02 Å². The molecule has 4 rings (SSSR count). The number of carbonyl (C=O) groups excluding carboxylic acids is 3. The highest BCUT2D eigenvalue weighted by molar-refractivity contribution is 6.30. The van der Waals surface area contributed by atoms with Gasteiger partial charge in [0.05, 0.1) is 13.7 Å². The van der Waals surface area contributed by atoms with E-state index in [0.717, 1.165) is 11.1 Å². The van der Waals surface area contributed by atoms with Gasteiger partial charge in [-0.25, -0.2) is 4.79 Å². The molecule has 0 aliphatic carbocycles. The van der Waals surface area contributed by atoms with E-state index in [4.69, 9.17) is 21.1 Å². The average molecular weight is 599 g/mol. The van der Waals surface area contributed by atoms with Gasteiger partial charge in [-0.3, -0.25) is 9.59 Å². The van der Waals surface area contributed by atoms with Crippen LogP contribution in [0.15, 0.2) is 103 Å². The van der Waals surface area contributed by atoms with Crippen molar-refractivity contribution in [2.24, 2.45) is 0 Å². The second-order valence-electron chi connectivity index (χ2n) is 9.99. The van der Waals surface area contributed by atoms with Crippen molar-refractivity contribution in [3.05, 3.63) is 130 Å². The third-order valence-corrected chi connectivity index (χ3v) is 7.10. The number of ketones is 1. The Bertz CT molecular complexity index is 1490. The molecular weight excluding hydrogens is 564 g/mol. The fourth-order valence-electron chi connectivity index (χ4n) is 4.52. The van der Waals surface area contributed by atoms with Crippen molar-refractivity contribution in [3.63, 3.8) is 0 Å². The molecule has 222 valence electrons. The molecule has 0 heterocycles. The van der Waals surface area contributed by atoms with Gasteiger partial charge >= 0.3 is 5.97 Å². The first kappa shape index (κ1) is 31.3. The number of rotatable bonds is 15. The van der Waals surface area contributed by atoms with E-state index < -0.39 is 12.0 Å². The summed E-state index contributed by atoms with van der Waals surface area (Å²) in [7, 11) is 1.34. The number of amides is 1. The number of nitrogens with one attached hydrogen (secondary N) is 2. The first-order chi connectivity index (χ1) is 20.9. The zero-order valence-electron chi connectivity index (χ0n) is 24.1. The van der Waals surface area contributed by atoms with Crippen LogP contribution in [0.25, 0.3) is 0 Å². The minimum atomic E-state index is -0.704. The zero-order chi connectivity index (χ0) is 30.4. The summed E-state index contributed by atoms with van der Waals surface area (Å²) in [5.41, 5.74) is 3.57. The van der Waals surface area contributed by atoms with Gasteiger partial charge in [0, 0.05) is 41.2 Å². The van der Waals surface area contributed by atoms with E-state index in [2.05, 4.69) is 10.6 Å². The highest BCUT2D eigenvalue weighted by Crippen LogP contribution is 2.22. The van der Waals surface area contributed by atoms with Gasteiger partial charge in [-0.05, 0) is 60.4 Å². The molecule has 0 bridgehead atoms. The molecular formula is C35H35ClN2O5. The number of aryl methyl sites for hydroxylation is 1. The molecule has 43 heavy (non-hydrogen) atoms. The lowest BCUT2D eigenvalue weighted by Crippen LogP contribution is -2.33. The predicted molar refractivity (Wildman–Crippen MR) is 169 cm³/mol. The van der Waals surface area contributed by atoms with Crippen LogP contribution in [-0.2, 0) is 27.2 Å². The Morgan fingerprint density at radius 3 is 2.21 bits per heavy atom. The van der Waals surface area contributed by atoms with Crippen LogP contribution in [0.5, 0.6) is 5.75 Å². The van der Waals surface area contributed by atoms with E-state index >= 15 is 0 Å². The molecule has 0 saturated carbocycles. The summed E-state index contributed by atoms with van der Waals surface area (Å²) in [6.45, 7) is 0.980. The van der Waals surface area contributed by atoms with E-state index in [0.29, 0.717) is 66.4 Å². The molecule has 1 atom stereocenters. The van der Waals surface area contributed by atoms with Crippen LogP contribution < -0.4 is 15.4 Å². The normalized spacial score (nSPS) is 11.3. The standard InChI is InChI=1S/C35H35ClN2O5/c1-42-35(41)32(38-31-11-6-5-10-30(31)34(40)27-8-3-2-4-9-27)24-26-14-19-29(20-15-26)43-23-7-22-37-33(39)21-16-25-12-17-28(36)18-13-25/h2-6,8-15,17-20,32,38H,7,16,21-24H2,1H3,(H,37,39)/t32-/m0/s1. The maximum absolute atomic E-state index is 13.1. The highest BCUT2D eigenvalue weighted by Gasteiger charge is 2.22. The van der Waals surface area contributed by atoms with Gasteiger partial charge in [0.15, 0.2) is 5.78 Å². The quantitative estimate of drug-likeness (QED) is 0.0950. The van der Waals surface area contributed by atoms with Gasteiger partial charge in [-0.15, -0.1) is 0 Å². The fraction of sp³-hybridized carbons (Fsp3) is 0.229. The summed E-state index contributed by atoms with van der Waals surface area (Å²) in [4.78, 5) is 37.9. The van der Waals surface area contributed by atoms with Crippen molar-refractivity contribution in [1.29, 1.82) is 0 Å². The number of ether oxygens (including phenoxy) is 2. The van der Waals surface area contributed by atoms with Gasteiger partial charge < -0.3 is 20.1 Å². The fourth-order valence-corrected chi connectivity index (χ4v) is 4.65. The lowest BCUT2D eigenvalue weighted by atomic mass is 10.00. The van der Waals surface area contributed by atoms with Gasteiger partial charge in [0.2, 0.25) is 5.91 Å². The number of benzene rings is 4. The van der Waals surface area contributed by atoms with E-state index in [1.165, 1.54) is 7.11 Å². The molecule has 0 saturated heterocycles. The third-order valence-electron chi connectivity index (χ3n) is 6.85. The van der Waals surface area contributed by atoms with Crippen LogP contribution in [0.4, 0.5) is 5.69 Å². The Labute approximate surface area is 257 Å². The van der Waals surface area contributed by atoms with Crippen LogP contribution in [0.3, 0.4) is 0 Å². The summed E-state index contributed by atoms with van der Waals surface area (Å²) in [6, 6.07) is 30.4. The topological polar surface area (TPSA) is 93.7 Å². The first-order valence-corrected chi connectivity index (χ1v) is 14.6. The zero-order valence-corrected chi connectivity index (χ0v) is 24.8. The second-order valence-corrected chi connectivity index (χ2v) is 10.4. The summed E-state index contributed by atoms with van der Waals surface area (Å²) in [5.74, 6) is 0.128. The molecule has 7 nitrogen and oxygen atoms in total. The second kappa shape index (κ2) is 16.1. The predicted octanol–water partition coefficient (Wildman–Crippen LogP) is 6.29. The molecule has 0 spiro atoms. The number of carbonyl (C=O) groups is 3. The number of anilines is 1. The molecule has 1 amide bonds. The van der Waals surface area contributed by atoms with Crippen LogP contribution in [-0.4, -0.2) is 44.0 Å². The third kappa shape index (κ3) is 9.72. The number of para-hydroxylation sites is 1. The number of esters is 1. The maximum Gasteiger partial charge on any atom is 0.328 e. The molecule has 0 fully saturated rings. The maximum atomic E-state index is 13.1. The molecule has 0 aromatic heterocycles. The molecule has 0 radical (unpaired) electrons. The van der Waals surface area contributed by atoms with Gasteiger partial charge in [0.1, 0.15) is 11.8 Å². The number of halogens is 1. The first-order valence-electron chi connectivity index (χ1n) is 14.2. The molecule has 0 unspecified atom stereocenters. The average Bonchev–Trinajstić information content (AvgIpc) is 3.04. The summed E-state index contributed by atoms with van der Waals surface area (Å²) in [6.07, 6.45) is 2.10. The van der Waals surface area contributed by atoms with Gasteiger partial charge in [0.25, 0.3) is 0 Å². The number of hydrogen-bond donors (Lipinski definition) is 2. The summed E-state index contributed by atoms with van der Waals surface area (Å²) < 4.78 is 10.9. The number of methoxy groups -OCH3 is 1. The van der Waals surface area contributed by atoms with Crippen molar-refractivity contribution in [1.82, 2.24) is 5.32 Å². The Hall–Kier alpha value is -4.62. The SMILES string of the molecule is COC(=O)[C@H](Cc1ccc(OCCCNC(=O)CCc2ccc(Cl)cc2)cc1)Nc1ccccc1C(=O)c1ccccc1. The monoisotopic (exact) mass is 598 g/mol. The van der Waals surface area contributed by atoms with E-state index in [9.17, 15) is 14.4 Å². The van der Waals surface area contributed by atoms with Crippen molar-refractivity contribution in [2.45, 2.75) is 31.7 Å². The molecule has 2 N–H and O–H groups in total. The molecule has 4 aromatic rings. The largest absolute Gasteiger partial charge is 0.494 e. The lowest BCUT2D eigenvalue weighted by Gasteiger charge is -2.20. The molecule has 8 heteroatoms.